The van der Waals surface area contributed by atoms with Crippen molar-refractivity contribution in [1.82, 2.24) is 10.3 Å². The summed E-state index contributed by atoms with van der Waals surface area (Å²) >= 11 is 0. The number of nitrogens with zero attached hydrogens (tertiary/aromatic N) is 1. The summed E-state index contributed by atoms with van der Waals surface area (Å²) in [4.78, 5) is 15.0. The molecule has 0 aromatic carbocycles. The maximum atomic E-state index is 13.5. The highest BCUT2D eigenvalue weighted by Crippen LogP contribution is 2.39. The van der Waals surface area contributed by atoms with Gasteiger partial charge in [0.15, 0.2) is 5.82 Å². The van der Waals surface area contributed by atoms with Gasteiger partial charge in [0.1, 0.15) is 0 Å². The number of hydrogen-bond donors (Lipinski definition) is 2. The number of carbonyl (C=O) groups is 1. The van der Waals surface area contributed by atoms with Gasteiger partial charge in [-0.05, 0) is 37.2 Å². The monoisotopic (exact) mass is 298 g/mol. The number of aliphatic hydroxyl groups is 1. The zero-order chi connectivity index (χ0) is 15.7. The molecule has 1 fully saturated rings. The van der Waals surface area contributed by atoms with Crippen molar-refractivity contribution < 1.29 is 18.7 Å². The first kappa shape index (κ1) is 15.8. The van der Waals surface area contributed by atoms with E-state index in [9.17, 15) is 18.7 Å². The molecule has 1 aliphatic carbocycles. The van der Waals surface area contributed by atoms with Crippen LogP contribution in [0.4, 0.5) is 8.78 Å². The van der Waals surface area contributed by atoms with Gasteiger partial charge in [0.25, 0.3) is 5.91 Å². The zero-order valence-electron chi connectivity index (χ0n) is 12.2. The number of amides is 1. The van der Waals surface area contributed by atoms with Crippen LogP contribution in [0.1, 0.15) is 49.9 Å². The lowest BCUT2D eigenvalue weighted by Gasteiger charge is -2.40. The predicted octanol–water partition coefficient (Wildman–Crippen LogP) is 2.42. The number of nitrogens with one attached hydrogen (secondary N) is 1. The highest BCUT2D eigenvalue weighted by Gasteiger charge is 2.36. The van der Waals surface area contributed by atoms with Gasteiger partial charge in [0.2, 0.25) is 5.95 Å². The van der Waals surface area contributed by atoms with Crippen molar-refractivity contribution in [2.75, 3.05) is 6.54 Å². The van der Waals surface area contributed by atoms with Crippen LogP contribution in [0.25, 0.3) is 0 Å². The van der Waals surface area contributed by atoms with E-state index in [-0.39, 0.29) is 12.0 Å². The van der Waals surface area contributed by atoms with Gasteiger partial charge >= 0.3 is 0 Å². The molecule has 0 spiro atoms. The molecule has 1 saturated carbocycles. The van der Waals surface area contributed by atoms with Crippen molar-refractivity contribution in [1.29, 1.82) is 0 Å². The molecule has 1 aromatic heterocycles. The van der Waals surface area contributed by atoms with Crippen molar-refractivity contribution in [3.05, 3.63) is 29.6 Å². The Balaban J connectivity index is 1.97. The van der Waals surface area contributed by atoms with Gasteiger partial charge < -0.3 is 10.4 Å². The van der Waals surface area contributed by atoms with Crippen LogP contribution in [-0.2, 0) is 0 Å². The van der Waals surface area contributed by atoms with Crippen molar-refractivity contribution in [3.63, 3.8) is 0 Å². The number of halogens is 2. The largest absolute Gasteiger partial charge is 0.388 e. The summed E-state index contributed by atoms with van der Waals surface area (Å²) in [6.45, 7) is 4.31. The fourth-order valence-electron chi connectivity index (χ4n) is 2.50. The SMILES string of the molecule is CC1(C)CCC(O)(CNC(=O)c2ccnc(F)c2F)CC1. The lowest BCUT2D eigenvalue weighted by Crippen LogP contribution is -2.46. The summed E-state index contributed by atoms with van der Waals surface area (Å²) in [5, 5.41) is 12.9. The third-order valence-corrected chi connectivity index (χ3v) is 4.20. The van der Waals surface area contributed by atoms with Gasteiger partial charge in [-0.3, -0.25) is 4.79 Å². The van der Waals surface area contributed by atoms with E-state index in [4.69, 9.17) is 0 Å². The minimum Gasteiger partial charge on any atom is -0.388 e. The minimum absolute atomic E-state index is 0.0330. The molecule has 4 nitrogen and oxygen atoms in total. The molecule has 2 N–H and O–H groups in total. The van der Waals surface area contributed by atoms with Crippen LogP contribution in [0, 0.1) is 17.2 Å². The molecular formula is C15H20F2N2O2. The van der Waals surface area contributed by atoms with Crippen molar-refractivity contribution >= 4 is 5.91 Å². The van der Waals surface area contributed by atoms with E-state index in [0.29, 0.717) is 12.8 Å². The minimum atomic E-state index is -1.30. The standard InChI is InChI=1S/C15H20F2N2O2/c1-14(2)4-6-15(21,7-5-14)9-19-13(20)10-3-8-18-12(17)11(10)16/h3,8,21H,4-7,9H2,1-2H3,(H,19,20). The van der Waals surface area contributed by atoms with Gasteiger partial charge in [0.05, 0.1) is 11.2 Å². The lowest BCUT2D eigenvalue weighted by atomic mass is 9.71. The maximum absolute atomic E-state index is 13.5. The zero-order valence-corrected chi connectivity index (χ0v) is 12.2. The maximum Gasteiger partial charge on any atom is 0.254 e. The van der Waals surface area contributed by atoms with E-state index in [1.54, 1.807) is 0 Å². The third kappa shape index (κ3) is 3.75. The van der Waals surface area contributed by atoms with Crippen molar-refractivity contribution in [2.45, 2.75) is 45.1 Å². The van der Waals surface area contributed by atoms with Gasteiger partial charge in [-0.2, -0.15) is 4.39 Å². The normalized spacial score (nSPS) is 20.0. The van der Waals surface area contributed by atoms with Gasteiger partial charge in [0, 0.05) is 12.7 Å². The molecular weight excluding hydrogens is 278 g/mol. The third-order valence-electron chi connectivity index (χ3n) is 4.20. The first-order valence-corrected chi connectivity index (χ1v) is 7.03. The topological polar surface area (TPSA) is 62.2 Å². The Bertz CT molecular complexity index is 536. The number of hydrogen-bond acceptors (Lipinski definition) is 3. The number of carbonyl (C=O) groups excluding carboxylic acids is 1. The number of aromatic nitrogens is 1. The second-order valence-corrected chi connectivity index (χ2v) is 6.53. The average molecular weight is 298 g/mol. The van der Waals surface area contributed by atoms with Crippen LogP contribution in [0.2, 0.25) is 0 Å². The molecule has 2 rings (SSSR count). The predicted molar refractivity (Wildman–Crippen MR) is 73.7 cm³/mol. The van der Waals surface area contributed by atoms with Crippen LogP contribution >= 0.6 is 0 Å². The van der Waals surface area contributed by atoms with Gasteiger partial charge in [-0.25, -0.2) is 9.37 Å². The summed E-state index contributed by atoms with van der Waals surface area (Å²) in [6, 6.07) is 1.11. The molecule has 6 heteroatoms. The average Bonchev–Trinajstić information content (AvgIpc) is 2.43. The van der Waals surface area contributed by atoms with Gasteiger partial charge in [-0.1, -0.05) is 13.8 Å². The Morgan fingerprint density at radius 1 is 1.33 bits per heavy atom. The van der Waals surface area contributed by atoms with Crippen LogP contribution < -0.4 is 5.32 Å². The van der Waals surface area contributed by atoms with E-state index in [1.165, 1.54) is 0 Å². The Morgan fingerprint density at radius 3 is 2.57 bits per heavy atom. The van der Waals surface area contributed by atoms with Crippen LogP contribution in [0.5, 0.6) is 0 Å². The molecule has 1 aromatic rings. The number of rotatable bonds is 3. The quantitative estimate of drug-likeness (QED) is 0.842. The molecule has 116 valence electrons. The van der Waals surface area contributed by atoms with E-state index >= 15 is 0 Å². The van der Waals surface area contributed by atoms with Crippen LogP contribution in [0.3, 0.4) is 0 Å². The van der Waals surface area contributed by atoms with E-state index in [1.807, 2.05) is 0 Å². The fraction of sp³-hybridized carbons (Fsp3) is 0.600. The molecule has 0 atom stereocenters. The Hall–Kier alpha value is -1.56. The summed E-state index contributed by atoms with van der Waals surface area (Å²) in [6.07, 6.45) is 3.90. The van der Waals surface area contributed by atoms with Crippen LogP contribution in [0.15, 0.2) is 12.3 Å². The molecule has 21 heavy (non-hydrogen) atoms. The highest BCUT2D eigenvalue weighted by molar-refractivity contribution is 5.94. The first-order valence-electron chi connectivity index (χ1n) is 7.03. The van der Waals surface area contributed by atoms with Crippen LogP contribution in [-0.4, -0.2) is 28.1 Å². The lowest BCUT2D eigenvalue weighted by molar-refractivity contribution is -0.0233. The second kappa shape index (κ2) is 5.67. The van der Waals surface area contributed by atoms with Gasteiger partial charge in [-0.15, -0.1) is 0 Å². The summed E-state index contributed by atoms with van der Waals surface area (Å²) in [7, 11) is 0. The van der Waals surface area contributed by atoms with E-state index in [0.717, 1.165) is 25.1 Å². The Labute approximate surface area is 122 Å². The first-order chi connectivity index (χ1) is 9.72. The smallest absolute Gasteiger partial charge is 0.254 e. The number of pyridine rings is 1. The molecule has 0 saturated heterocycles. The van der Waals surface area contributed by atoms with E-state index < -0.39 is 28.8 Å². The highest BCUT2D eigenvalue weighted by atomic mass is 19.2. The molecule has 1 heterocycles. The molecule has 1 amide bonds. The Kier molecular flexibility index (Phi) is 4.27. The molecule has 0 bridgehead atoms. The molecule has 0 radical (unpaired) electrons. The summed E-state index contributed by atoms with van der Waals surface area (Å²) in [5.41, 5.74) is -1.19. The summed E-state index contributed by atoms with van der Waals surface area (Å²) < 4.78 is 26.4. The second-order valence-electron chi connectivity index (χ2n) is 6.53. The van der Waals surface area contributed by atoms with E-state index in [2.05, 4.69) is 24.1 Å². The summed E-state index contributed by atoms with van der Waals surface area (Å²) in [5.74, 6) is -3.32. The van der Waals surface area contributed by atoms with Crippen molar-refractivity contribution in [3.8, 4) is 0 Å². The fourth-order valence-corrected chi connectivity index (χ4v) is 2.50. The molecule has 0 unspecified atom stereocenters. The molecule has 1 aliphatic rings. The molecule has 0 aliphatic heterocycles. The Morgan fingerprint density at radius 2 is 1.95 bits per heavy atom. The van der Waals surface area contributed by atoms with Crippen molar-refractivity contribution in [2.24, 2.45) is 5.41 Å².